The fourth-order valence-electron chi connectivity index (χ4n) is 1.89. The number of benzene rings is 1. The van der Waals surface area contributed by atoms with E-state index in [1.165, 1.54) is 0 Å². The van der Waals surface area contributed by atoms with Gasteiger partial charge in [-0.25, -0.2) is 0 Å². The highest BCUT2D eigenvalue weighted by atomic mass is 35.5. The van der Waals surface area contributed by atoms with Gasteiger partial charge in [-0.15, -0.1) is 11.8 Å². The van der Waals surface area contributed by atoms with Gasteiger partial charge >= 0.3 is 0 Å². The molecule has 0 atom stereocenters. The lowest BCUT2D eigenvalue weighted by Crippen LogP contribution is -2.26. The SMILES string of the molecule is Cc1ccc(CN(C)C(=O)CCSc2ccccc2Cl)o1. The van der Waals surface area contributed by atoms with E-state index in [2.05, 4.69) is 0 Å². The van der Waals surface area contributed by atoms with E-state index in [0.717, 1.165) is 21.4 Å². The van der Waals surface area contributed by atoms with Crippen LogP contribution in [0.2, 0.25) is 5.02 Å². The van der Waals surface area contributed by atoms with Crippen LogP contribution in [0.3, 0.4) is 0 Å². The molecule has 0 bridgehead atoms. The molecule has 0 aliphatic carbocycles. The zero-order chi connectivity index (χ0) is 15.2. The van der Waals surface area contributed by atoms with Gasteiger partial charge in [0.05, 0.1) is 11.6 Å². The van der Waals surface area contributed by atoms with Crippen LogP contribution in [0.5, 0.6) is 0 Å². The van der Waals surface area contributed by atoms with Gasteiger partial charge in [0.2, 0.25) is 5.91 Å². The first kappa shape index (κ1) is 16.0. The normalized spacial score (nSPS) is 10.6. The number of halogens is 1. The highest BCUT2D eigenvalue weighted by molar-refractivity contribution is 7.99. The Labute approximate surface area is 134 Å². The molecule has 0 saturated heterocycles. The van der Waals surface area contributed by atoms with Gasteiger partial charge in [0.1, 0.15) is 11.5 Å². The zero-order valence-corrected chi connectivity index (χ0v) is 13.7. The Balaban J connectivity index is 1.77. The van der Waals surface area contributed by atoms with E-state index in [0.29, 0.717) is 18.7 Å². The minimum Gasteiger partial charge on any atom is -0.464 e. The topological polar surface area (TPSA) is 33.5 Å². The number of aryl methyl sites for hydroxylation is 1. The van der Waals surface area contributed by atoms with E-state index < -0.39 is 0 Å². The van der Waals surface area contributed by atoms with Crippen molar-refractivity contribution < 1.29 is 9.21 Å². The van der Waals surface area contributed by atoms with Crippen LogP contribution < -0.4 is 0 Å². The van der Waals surface area contributed by atoms with E-state index in [9.17, 15) is 4.79 Å². The minimum atomic E-state index is 0.101. The third-order valence-corrected chi connectivity index (χ3v) is 4.54. The molecule has 1 heterocycles. The molecule has 1 aromatic carbocycles. The van der Waals surface area contributed by atoms with Crippen molar-refractivity contribution in [3.05, 3.63) is 52.9 Å². The minimum absolute atomic E-state index is 0.101. The summed E-state index contributed by atoms with van der Waals surface area (Å²) in [6.07, 6.45) is 0.478. The molecular formula is C16H18ClNO2S. The zero-order valence-electron chi connectivity index (χ0n) is 12.1. The van der Waals surface area contributed by atoms with E-state index >= 15 is 0 Å². The summed E-state index contributed by atoms with van der Waals surface area (Å²) in [5, 5.41) is 0.731. The lowest BCUT2D eigenvalue weighted by molar-refractivity contribution is -0.130. The molecule has 0 spiro atoms. The van der Waals surface area contributed by atoms with Gasteiger partial charge in [0, 0.05) is 24.1 Å². The summed E-state index contributed by atoms with van der Waals surface area (Å²) in [4.78, 5) is 14.8. The molecule has 0 unspecified atom stereocenters. The second-order valence-corrected chi connectivity index (χ2v) is 6.33. The smallest absolute Gasteiger partial charge is 0.223 e. The first-order chi connectivity index (χ1) is 10.1. The number of furan rings is 1. The van der Waals surface area contributed by atoms with Crippen molar-refractivity contribution >= 4 is 29.3 Å². The molecule has 112 valence electrons. The molecule has 1 aromatic heterocycles. The Morgan fingerprint density at radius 3 is 2.71 bits per heavy atom. The van der Waals surface area contributed by atoms with Crippen LogP contribution in [0.4, 0.5) is 0 Å². The molecule has 3 nitrogen and oxygen atoms in total. The van der Waals surface area contributed by atoms with Gasteiger partial charge in [-0.3, -0.25) is 4.79 Å². The molecule has 0 N–H and O–H groups in total. The summed E-state index contributed by atoms with van der Waals surface area (Å²) < 4.78 is 5.48. The van der Waals surface area contributed by atoms with E-state index in [-0.39, 0.29) is 5.91 Å². The van der Waals surface area contributed by atoms with Crippen LogP contribution in [0.15, 0.2) is 45.7 Å². The number of rotatable bonds is 6. The Hall–Kier alpha value is -1.39. The van der Waals surface area contributed by atoms with Gasteiger partial charge < -0.3 is 9.32 Å². The fourth-order valence-corrected chi connectivity index (χ4v) is 3.07. The van der Waals surface area contributed by atoms with E-state index in [1.54, 1.807) is 23.7 Å². The third-order valence-electron chi connectivity index (χ3n) is 3.02. The largest absolute Gasteiger partial charge is 0.464 e. The van der Waals surface area contributed by atoms with Gasteiger partial charge in [0.25, 0.3) is 0 Å². The second kappa shape index (κ2) is 7.57. The number of hydrogen-bond acceptors (Lipinski definition) is 3. The number of nitrogens with zero attached hydrogens (tertiary/aromatic N) is 1. The highest BCUT2D eigenvalue weighted by Crippen LogP contribution is 2.27. The molecule has 21 heavy (non-hydrogen) atoms. The van der Waals surface area contributed by atoms with Crippen molar-refractivity contribution in [3.63, 3.8) is 0 Å². The number of hydrogen-bond donors (Lipinski definition) is 0. The molecule has 0 radical (unpaired) electrons. The predicted molar refractivity (Wildman–Crippen MR) is 86.7 cm³/mol. The highest BCUT2D eigenvalue weighted by Gasteiger charge is 2.11. The molecule has 0 saturated carbocycles. The molecule has 0 fully saturated rings. The summed E-state index contributed by atoms with van der Waals surface area (Å²) in [6.45, 7) is 2.40. The van der Waals surface area contributed by atoms with E-state index in [4.69, 9.17) is 16.0 Å². The van der Waals surface area contributed by atoms with Crippen LogP contribution >= 0.6 is 23.4 Å². The van der Waals surface area contributed by atoms with E-state index in [1.807, 2.05) is 43.3 Å². The average molecular weight is 324 g/mol. The Morgan fingerprint density at radius 1 is 1.29 bits per heavy atom. The lowest BCUT2D eigenvalue weighted by atomic mass is 10.3. The van der Waals surface area contributed by atoms with Gasteiger partial charge in [0.15, 0.2) is 0 Å². The number of carbonyl (C=O) groups excluding carboxylic acids is 1. The summed E-state index contributed by atoms with van der Waals surface area (Å²) >= 11 is 7.68. The van der Waals surface area contributed by atoms with Gasteiger partial charge in [-0.1, -0.05) is 23.7 Å². The molecule has 1 amide bonds. The van der Waals surface area contributed by atoms with Crippen LogP contribution in [0.1, 0.15) is 17.9 Å². The second-order valence-electron chi connectivity index (χ2n) is 4.79. The van der Waals surface area contributed by atoms with Crippen LogP contribution in [0.25, 0.3) is 0 Å². The molecular weight excluding hydrogens is 306 g/mol. The maximum Gasteiger partial charge on any atom is 0.223 e. The van der Waals surface area contributed by atoms with Crippen LogP contribution in [0, 0.1) is 6.92 Å². The van der Waals surface area contributed by atoms with Crippen LogP contribution in [-0.2, 0) is 11.3 Å². The fraction of sp³-hybridized carbons (Fsp3) is 0.312. The number of amides is 1. The predicted octanol–water partition coefficient (Wildman–Crippen LogP) is 4.38. The Morgan fingerprint density at radius 2 is 2.05 bits per heavy atom. The van der Waals surface area contributed by atoms with Gasteiger partial charge in [-0.05, 0) is 31.2 Å². The summed E-state index contributed by atoms with van der Waals surface area (Å²) in [5.41, 5.74) is 0. The van der Waals surface area contributed by atoms with Crippen molar-refractivity contribution in [2.45, 2.75) is 24.8 Å². The standard InChI is InChI=1S/C16H18ClNO2S/c1-12-7-8-13(20-12)11-18(2)16(19)9-10-21-15-6-4-3-5-14(15)17/h3-8H,9-11H2,1-2H3. The summed E-state index contributed by atoms with van der Waals surface area (Å²) in [6, 6.07) is 11.5. The lowest BCUT2D eigenvalue weighted by Gasteiger charge is -2.15. The molecule has 5 heteroatoms. The van der Waals surface area contributed by atoms with Gasteiger partial charge in [-0.2, -0.15) is 0 Å². The average Bonchev–Trinajstić information content (AvgIpc) is 2.86. The van der Waals surface area contributed by atoms with Crippen molar-refractivity contribution in [1.82, 2.24) is 4.90 Å². The first-order valence-corrected chi connectivity index (χ1v) is 8.09. The van der Waals surface area contributed by atoms with Crippen molar-refractivity contribution in [1.29, 1.82) is 0 Å². The van der Waals surface area contributed by atoms with Crippen molar-refractivity contribution in [3.8, 4) is 0 Å². The van der Waals surface area contributed by atoms with Crippen molar-refractivity contribution in [2.24, 2.45) is 0 Å². The Bertz CT molecular complexity index is 612. The van der Waals surface area contributed by atoms with Crippen molar-refractivity contribution in [2.75, 3.05) is 12.8 Å². The number of thioether (sulfide) groups is 1. The number of carbonyl (C=O) groups is 1. The Kier molecular flexibility index (Phi) is 5.76. The summed E-state index contributed by atoms with van der Waals surface area (Å²) in [7, 11) is 1.79. The maximum atomic E-state index is 12.1. The monoisotopic (exact) mass is 323 g/mol. The maximum absolute atomic E-state index is 12.1. The third kappa shape index (κ3) is 4.83. The molecule has 2 aromatic rings. The molecule has 0 aliphatic rings. The first-order valence-electron chi connectivity index (χ1n) is 6.73. The quantitative estimate of drug-likeness (QED) is 0.740. The summed E-state index contributed by atoms with van der Waals surface area (Å²) in [5.74, 6) is 2.48. The molecule has 2 rings (SSSR count). The van der Waals surface area contributed by atoms with Crippen LogP contribution in [-0.4, -0.2) is 23.6 Å². The molecule has 0 aliphatic heterocycles.